The van der Waals surface area contributed by atoms with E-state index in [-0.39, 0.29) is 10.5 Å². The van der Waals surface area contributed by atoms with Crippen LogP contribution in [0, 0.1) is 0 Å². The van der Waals surface area contributed by atoms with Crippen LogP contribution in [-0.2, 0) is 9.84 Å². The van der Waals surface area contributed by atoms with Crippen LogP contribution in [0.1, 0.15) is 51.3 Å². The van der Waals surface area contributed by atoms with Crippen molar-refractivity contribution in [1.29, 1.82) is 0 Å². The standard InChI is InChI=1S/C18H29IOSSi/c1-17(2,3)22(4,5)20-15(9-6-13-19)18(11-8-12-18)16-10-7-14-21-16/h6-7,10,13-15H,8-9,11-12H2,1-5H3. The molecule has 2 rings (SSSR count). The maximum atomic E-state index is 6.93. The number of hydrogen-bond acceptors (Lipinski definition) is 2. The van der Waals surface area contributed by atoms with Crippen molar-refractivity contribution in [3.63, 3.8) is 0 Å². The second-order valence-corrected chi connectivity index (χ2v) is 14.4. The van der Waals surface area contributed by atoms with Crippen molar-refractivity contribution in [2.45, 2.75) is 76.1 Å². The molecule has 0 bridgehead atoms. The number of halogens is 1. The Kier molecular flexibility index (Phi) is 6.01. The third-order valence-electron chi connectivity index (χ3n) is 5.56. The van der Waals surface area contributed by atoms with Crippen molar-refractivity contribution in [2.24, 2.45) is 0 Å². The summed E-state index contributed by atoms with van der Waals surface area (Å²) in [4.78, 5) is 1.53. The molecular formula is C18H29IOSSi. The number of rotatable bonds is 6. The first-order chi connectivity index (χ1) is 10.2. The second-order valence-electron chi connectivity index (χ2n) is 7.95. The van der Waals surface area contributed by atoms with Crippen LogP contribution < -0.4 is 0 Å². The summed E-state index contributed by atoms with van der Waals surface area (Å²) in [5, 5.41) is 2.48. The van der Waals surface area contributed by atoms with Crippen molar-refractivity contribution >= 4 is 42.2 Å². The highest BCUT2D eigenvalue weighted by Gasteiger charge is 2.50. The van der Waals surface area contributed by atoms with Crippen LogP contribution in [0.3, 0.4) is 0 Å². The third-order valence-corrected chi connectivity index (χ3v) is 11.6. The molecule has 1 nitrogen and oxygen atoms in total. The molecule has 124 valence electrons. The molecule has 1 aromatic rings. The molecule has 1 atom stereocenters. The van der Waals surface area contributed by atoms with Gasteiger partial charge in [0.15, 0.2) is 8.32 Å². The Morgan fingerprint density at radius 2 is 2.09 bits per heavy atom. The maximum absolute atomic E-state index is 6.93. The molecule has 0 N–H and O–H groups in total. The van der Waals surface area contributed by atoms with Crippen LogP contribution in [0.2, 0.25) is 18.1 Å². The average molecular weight is 448 g/mol. The summed E-state index contributed by atoms with van der Waals surface area (Å²) < 4.78 is 9.07. The third kappa shape index (κ3) is 3.70. The highest BCUT2D eigenvalue weighted by molar-refractivity contribution is 14.1. The lowest BCUT2D eigenvalue weighted by atomic mass is 9.63. The van der Waals surface area contributed by atoms with Gasteiger partial charge < -0.3 is 4.43 Å². The molecule has 1 aliphatic carbocycles. The van der Waals surface area contributed by atoms with Crippen LogP contribution in [-0.4, -0.2) is 14.4 Å². The summed E-state index contributed by atoms with van der Waals surface area (Å²) in [5.41, 5.74) is 0.264. The van der Waals surface area contributed by atoms with Gasteiger partial charge in [0.2, 0.25) is 0 Å². The zero-order chi connectivity index (χ0) is 16.4. The van der Waals surface area contributed by atoms with Gasteiger partial charge in [-0.1, -0.05) is 61.9 Å². The largest absolute Gasteiger partial charge is 0.413 e. The Balaban J connectivity index is 2.30. The van der Waals surface area contributed by atoms with Gasteiger partial charge in [-0.2, -0.15) is 0 Å². The monoisotopic (exact) mass is 448 g/mol. The van der Waals surface area contributed by atoms with Crippen molar-refractivity contribution in [2.75, 3.05) is 0 Å². The number of hydrogen-bond donors (Lipinski definition) is 0. The maximum Gasteiger partial charge on any atom is 0.192 e. The topological polar surface area (TPSA) is 9.23 Å². The zero-order valence-corrected chi connectivity index (χ0v) is 18.5. The quantitative estimate of drug-likeness (QED) is 0.340. The van der Waals surface area contributed by atoms with Gasteiger partial charge in [0, 0.05) is 10.3 Å². The minimum absolute atomic E-state index is 0.264. The fourth-order valence-electron chi connectivity index (χ4n) is 2.94. The molecule has 0 saturated heterocycles. The van der Waals surface area contributed by atoms with Crippen LogP contribution >= 0.6 is 33.9 Å². The predicted octanol–water partition coefficient (Wildman–Crippen LogP) is 6.90. The Morgan fingerprint density at radius 1 is 1.41 bits per heavy atom. The van der Waals surface area contributed by atoms with Gasteiger partial charge in [-0.3, -0.25) is 0 Å². The van der Waals surface area contributed by atoms with E-state index in [0.717, 1.165) is 6.42 Å². The first kappa shape index (κ1) is 18.7. The molecule has 1 unspecified atom stereocenters. The smallest absolute Gasteiger partial charge is 0.192 e. The summed E-state index contributed by atoms with van der Waals surface area (Å²) in [5.74, 6) is 0. The minimum Gasteiger partial charge on any atom is -0.413 e. The fraction of sp³-hybridized carbons (Fsp3) is 0.667. The first-order valence-electron chi connectivity index (χ1n) is 8.20. The van der Waals surface area contributed by atoms with E-state index < -0.39 is 8.32 Å². The lowest BCUT2D eigenvalue weighted by Crippen LogP contribution is -2.53. The van der Waals surface area contributed by atoms with Gasteiger partial charge in [0.25, 0.3) is 0 Å². The Labute approximate surface area is 154 Å². The van der Waals surface area contributed by atoms with E-state index in [0.29, 0.717) is 6.10 Å². The molecule has 4 heteroatoms. The van der Waals surface area contributed by atoms with E-state index >= 15 is 0 Å². The lowest BCUT2D eigenvalue weighted by molar-refractivity contribution is 0.0416. The van der Waals surface area contributed by atoms with E-state index in [2.05, 4.69) is 84.1 Å². The fourth-order valence-corrected chi connectivity index (χ4v) is 5.65. The SMILES string of the molecule is CC(C)(C)[Si](C)(C)OC(CC=CI)C1(c2cccs2)CCC1. The van der Waals surface area contributed by atoms with Crippen molar-refractivity contribution in [1.82, 2.24) is 0 Å². The van der Waals surface area contributed by atoms with Crippen molar-refractivity contribution in [3.05, 3.63) is 32.5 Å². The number of thiophene rings is 1. The van der Waals surface area contributed by atoms with E-state index in [1.165, 1.54) is 24.1 Å². The molecule has 22 heavy (non-hydrogen) atoms. The summed E-state index contributed by atoms with van der Waals surface area (Å²) in [6, 6.07) is 4.51. The second kappa shape index (κ2) is 7.07. The Hall–Kier alpha value is 0.347. The van der Waals surface area contributed by atoms with E-state index in [1.807, 2.05) is 11.3 Å². The molecule has 1 aromatic heterocycles. The van der Waals surface area contributed by atoms with Gasteiger partial charge in [0.1, 0.15) is 0 Å². The molecule has 1 saturated carbocycles. The van der Waals surface area contributed by atoms with Gasteiger partial charge >= 0.3 is 0 Å². The summed E-state index contributed by atoms with van der Waals surface area (Å²) in [6.07, 6.45) is 7.54. The first-order valence-corrected chi connectivity index (χ1v) is 13.2. The van der Waals surface area contributed by atoms with Gasteiger partial charge in [-0.05, 0) is 52.9 Å². The van der Waals surface area contributed by atoms with Crippen LogP contribution in [0.25, 0.3) is 0 Å². The highest BCUT2D eigenvalue weighted by Crippen LogP contribution is 2.52. The van der Waals surface area contributed by atoms with Crippen LogP contribution in [0.15, 0.2) is 27.7 Å². The van der Waals surface area contributed by atoms with Crippen molar-refractivity contribution < 1.29 is 4.43 Å². The molecule has 0 aliphatic heterocycles. The Morgan fingerprint density at radius 3 is 2.50 bits per heavy atom. The molecule has 0 spiro atoms. The summed E-state index contributed by atoms with van der Waals surface area (Å²) in [6.45, 7) is 11.8. The predicted molar refractivity (Wildman–Crippen MR) is 110 cm³/mol. The van der Waals surface area contributed by atoms with Gasteiger partial charge in [-0.25, -0.2) is 0 Å². The molecule has 1 aliphatic rings. The van der Waals surface area contributed by atoms with E-state index in [9.17, 15) is 0 Å². The summed E-state index contributed by atoms with van der Waals surface area (Å²) >= 11 is 4.23. The Bertz CT molecular complexity index is 498. The minimum atomic E-state index is -1.75. The van der Waals surface area contributed by atoms with E-state index in [1.54, 1.807) is 0 Å². The summed E-state index contributed by atoms with van der Waals surface area (Å²) in [7, 11) is -1.75. The molecule has 1 heterocycles. The van der Waals surface area contributed by atoms with Crippen LogP contribution in [0.4, 0.5) is 0 Å². The van der Waals surface area contributed by atoms with E-state index in [4.69, 9.17) is 4.43 Å². The molecule has 0 radical (unpaired) electrons. The molecular weight excluding hydrogens is 419 g/mol. The van der Waals surface area contributed by atoms with Crippen molar-refractivity contribution in [3.8, 4) is 0 Å². The van der Waals surface area contributed by atoms with Gasteiger partial charge in [0.05, 0.1) is 6.10 Å². The highest BCUT2D eigenvalue weighted by atomic mass is 127. The average Bonchev–Trinajstić information content (AvgIpc) is 2.86. The molecule has 0 aromatic carbocycles. The lowest BCUT2D eigenvalue weighted by Gasteiger charge is -2.51. The normalized spacial score (nSPS) is 20.1. The molecule has 0 amide bonds. The molecule has 1 fully saturated rings. The van der Waals surface area contributed by atoms with Crippen LogP contribution in [0.5, 0.6) is 0 Å². The van der Waals surface area contributed by atoms with Gasteiger partial charge in [-0.15, -0.1) is 11.3 Å². The zero-order valence-electron chi connectivity index (χ0n) is 14.5.